The molecule has 3 N–H and O–H groups in total. The third-order valence-corrected chi connectivity index (χ3v) is 5.38. The van der Waals surface area contributed by atoms with Gasteiger partial charge in [-0.15, -0.1) is 0 Å². The lowest BCUT2D eigenvalue weighted by molar-refractivity contribution is -0.117. The van der Waals surface area contributed by atoms with Gasteiger partial charge in [-0.05, 0) is 49.2 Å². The van der Waals surface area contributed by atoms with Crippen LogP contribution in [0.15, 0.2) is 54.7 Å². The van der Waals surface area contributed by atoms with Gasteiger partial charge in [-0.2, -0.15) is 0 Å². The Morgan fingerprint density at radius 3 is 2.46 bits per heavy atom. The first kappa shape index (κ1) is 24.3. The van der Waals surface area contributed by atoms with Crippen molar-refractivity contribution in [1.82, 2.24) is 4.98 Å². The third kappa shape index (κ3) is 6.42. The molecule has 0 saturated heterocycles. The maximum atomic E-state index is 14.6. The zero-order valence-electron chi connectivity index (χ0n) is 18.4. The number of alkyl halides is 2. The van der Waals surface area contributed by atoms with Gasteiger partial charge in [-0.3, -0.25) is 4.79 Å². The summed E-state index contributed by atoms with van der Waals surface area (Å²) in [6.45, 7) is 0.689. The molecule has 0 radical (unpaired) electrons. The van der Waals surface area contributed by atoms with E-state index >= 15 is 0 Å². The summed E-state index contributed by atoms with van der Waals surface area (Å²) in [5.41, 5.74) is -0.543. The average molecular weight is 505 g/mol. The van der Waals surface area contributed by atoms with Crippen LogP contribution in [0.5, 0.6) is 11.5 Å². The number of hydrogen-bond donors (Lipinski definition) is 3. The molecule has 2 aromatic carbocycles. The van der Waals surface area contributed by atoms with Crippen LogP contribution in [0.3, 0.4) is 0 Å². The van der Waals surface area contributed by atoms with Gasteiger partial charge in [-0.1, -0.05) is 11.6 Å². The van der Waals surface area contributed by atoms with Crippen molar-refractivity contribution in [3.05, 3.63) is 71.1 Å². The summed E-state index contributed by atoms with van der Waals surface area (Å²) in [5, 5.41) is 7.23. The second kappa shape index (κ2) is 9.83. The Bertz CT molecular complexity index is 1280. The lowest BCUT2D eigenvalue weighted by Gasteiger charge is -2.15. The molecular formula is C24H20ClF3N4O3. The molecule has 1 heterocycles. The number of urea groups is 1. The Balaban J connectivity index is 1.39. The number of anilines is 3. The van der Waals surface area contributed by atoms with Crippen molar-refractivity contribution < 1.29 is 27.5 Å². The van der Waals surface area contributed by atoms with Gasteiger partial charge in [0.25, 0.3) is 5.92 Å². The SMILES string of the molecule is CC(F)(F)c1cc(NC(=O)Nc2ccc(Oc3ccnc(NC(=O)C4CC4)c3)cc2F)ccc1Cl. The number of aromatic nitrogens is 1. The Morgan fingerprint density at radius 2 is 1.77 bits per heavy atom. The van der Waals surface area contributed by atoms with Gasteiger partial charge in [-0.25, -0.2) is 22.9 Å². The first-order chi connectivity index (χ1) is 16.6. The van der Waals surface area contributed by atoms with Crippen molar-refractivity contribution >= 4 is 40.7 Å². The summed E-state index contributed by atoms with van der Waals surface area (Å²) in [6, 6.07) is 9.63. The minimum atomic E-state index is -3.20. The van der Waals surface area contributed by atoms with Gasteiger partial charge in [0.1, 0.15) is 23.1 Å². The smallest absolute Gasteiger partial charge is 0.323 e. The van der Waals surface area contributed by atoms with Gasteiger partial charge in [0, 0.05) is 47.4 Å². The lowest BCUT2D eigenvalue weighted by Crippen LogP contribution is -2.20. The van der Waals surface area contributed by atoms with E-state index in [4.69, 9.17) is 16.3 Å². The minimum Gasteiger partial charge on any atom is -0.457 e. The first-order valence-electron chi connectivity index (χ1n) is 10.6. The number of rotatable bonds is 7. The predicted octanol–water partition coefficient (Wildman–Crippen LogP) is 6.77. The zero-order valence-corrected chi connectivity index (χ0v) is 19.1. The van der Waals surface area contributed by atoms with Crippen molar-refractivity contribution in [1.29, 1.82) is 0 Å². The largest absolute Gasteiger partial charge is 0.457 e. The fraction of sp³-hybridized carbons (Fsp3) is 0.208. The average Bonchev–Trinajstić information content (AvgIpc) is 3.62. The molecule has 182 valence electrons. The molecule has 1 aliphatic rings. The summed E-state index contributed by atoms with van der Waals surface area (Å²) in [6.07, 6.45) is 3.16. The van der Waals surface area contributed by atoms with E-state index in [0.717, 1.165) is 25.0 Å². The molecule has 11 heteroatoms. The van der Waals surface area contributed by atoms with Crippen molar-refractivity contribution in [2.45, 2.75) is 25.7 Å². The van der Waals surface area contributed by atoms with Crippen LogP contribution >= 0.6 is 11.6 Å². The first-order valence-corrected chi connectivity index (χ1v) is 11.0. The standard InChI is InChI=1S/C24H20ClF3N4O3/c1-24(27,28)17-10-14(4-6-18(17)25)30-23(34)31-20-7-5-15(11-19(20)26)35-16-8-9-29-21(12-16)32-22(33)13-2-3-13/h4-13H,2-3H2,1H3,(H,29,32,33)(H2,30,31,34). The molecule has 3 aromatic rings. The third-order valence-electron chi connectivity index (χ3n) is 5.05. The van der Waals surface area contributed by atoms with Crippen LogP contribution in [0, 0.1) is 11.7 Å². The summed E-state index contributed by atoms with van der Waals surface area (Å²) >= 11 is 5.79. The number of ether oxygens (including phenoxy) is 1. The number of nitrogens with zero attached hydrogens (tertiary/aromatic N) is 1. The van der Waals surface area contributed by atoms with Gasteiger partial charge in [0.2, 0.25) is 5.91 Å². The Morgan fingerprint density at radius 1 is 1.03 bits per heavy atom. The maximum Gasteiger partial charge on any atom is 0.323 e. The summed E-state index contributed by atoms with van der Waals surface area (Å²) < 4.78 is 47.5. The number of carbonyl (C=O) groups excluding carboxylic acids is 2. The van der Waals surface area contributed by atoms with E-state index < -0.39 is 23.3 Å². The monoisotopic (exact) mass is 504 g/mol. The summed E-state index contributed by atoms with van der Waals surface area (Å²) in [7, 11) is 0. The van der Waals surface area contributed by atoms with E-state index in [-0.39, 0.29) is 34.0 Å². The van der Waals surface area contributed by atoms with E-state index in [9.17, 15) is 22.8 Å². The number of amides is 3. The topological polar surface area (TPSA) is 92.3 Å². The molecule has 0 aliphatic heterocycles. The van der Waals surface area contributed by atoms with Crippen molar-refractivity contribution in [2.24, 2.45) is 5.92 Å². The highest BCUT2D eigenvalue weighted by Gasteiger charge is 2.30. The number of halogens is 4. The quantitative estimate of drug-likeness (QED) is 0.331. The molecule has 7 nitrogen and oxygen atoms in total. The van der Waals surface area contributed by atoms with Gasteiger partial charge in [0.05, 0.1) is 5.69 Å². The van der Waals surface area contributed by atoms with Crippen LogP contribution < -0.4 is 20.7 Å². The highest BCUT2D eigenvalue weighted by molar-refractivity contribution is 6.31. The molecule has 0 spiro atoms. The Hall–Kier alpha value is -3.79. The fourth-order valence-corrected chi connectivity index (χ4v) is 3.42. The summed E-state index contributed by atoms with van der Waals surface area (Å²) in [4.78, 5) is 28.2. The highest BCUT2D eigenvalue weighted by atomic mass is 35.5. The molecule has 35 heavy (non-hydrogen) atoms. The predicted molar refractivity (Wildman–Crippen MR) is 126 cm³/mol. The zero-order chi connectivity index (χ0) is 25.2. The highest BCUT2D eigenvalue weighted by Crippen LogP contribution is 2.35. The van der Waals surface area contributed by atoms with Crippen molar-refractivity contribution in [2.75, 3.05) is 16.0 Å². The minimum absolute atomic E-state index is 0.0158. The molecule has 0 unspecified atom stereocenters. The Labute approximate surface area is 203 Å². The van der Waals surface area contributed by atoms with Gasteiger partial charge < -0.3 is 20.7 Å². The van der Waals surface area contributed by atoms with E-state index in [1.807, 2.05) is 0 Å². The van der Waals surface area contributed by atoms with Crippen LogP contribution in [0.1, 0.15) is 25.3 Å². The number of benzene rings is 2. The lowest BCUT2D eigenvalue weighted by atomic mass is 10.1. The van der Waals surface area contributed by atoms with Crippen LogP contribution in [0.2, 0.25) is 5.02 Å². The van der Waals surface area contributed by atoms with Gasteiger partial charge >= 0.3 is 6.03 Å². The normalized spacial score (nSPS) is 13.2. The fourth-order valence-electron chi connectivity index (χ4n) is 3.14. The molecule has 1 aromatic heterocycles. The molecule has 3 amide bonds. The van der Waals surface area contributed by atoms with Crippen molar-refractivity contribution in [3.8, 4) is 11.5 Å². The van der Waals surface area contributed by atoms with E-state index in [0.29, 0.717) is 18.5 Å². The molecule has 0 bridgehead atoms. The van der Waals surface area contributed by atoms with Crippen molar-refractivity contribution in [3.63, 3.8) is 0 Å². The second-order valence-electron chi connectivity index (χ2n) is 8.05. The van der Waals surface area contributed by atoms with E-state index in [1.54, 1.807) is 6.07 Å². The molecular weight excluding hydrogens is 485 g/mol. The number of pyridine rings is 1. The molecule has 4 rings (SSSR count). The van der Waals surface area contributed by atoms with Crippen LogP contribution in [-0.2, 0) is 10.7 Å². The van der Waals surface area contributed by atoms with E-state index in [2.05, 4.69) is 20.9 Å². The number of carbonyl (C=O) groups is 2. The molecule has 1 saturated carbocycles. The number of nitrogens with one attached hydrogen (secondary N) is 3. The molecule has 1 aliphatic carbocycles. The maximum absolute atomic E-state index is 14.6. The Kier molecular flexibility index (Phi) is 6.83. The van der Waals surface area contributed by atoms with Crippen LogP contribution in [0.25, 0.3) is 0 Å². The van der Waals surface area contributed by atoms with Gasteiger partial charge in [0.15, 0.2) is 0 Å². The number of hydrogen-bond acceptors (Lipinski definition) is 4. The summed E-state index contributed by atoms with van der Waals surface area (Å²) in [5.74, 6) is -3.28. The second-order valence-corrected chi connectivity index (χ2v) is 8.45. The molecule has 0 atom stereocenters. The molecule has 1 fully saturated rings. The van der Waals surface area contributed by atoms with E-state index in [1.165, 1.54) is 36.5 Å². The van der Waals surface area contributed by atoms with Crippen LogP contribution in [0.4, 0.5) is 35.2 Å². The van der Waals surface area contributed by atoms with Crippen LogP contribution in [-0.4, -0.2) is 16.9 Å².